The zero-order chi connectivity index (χ0) is 23.2. The topological polar surface area (TPSA) is 41.9 Å². The third kappa shape index (κ3) is 3.82. The van der Waals surface area contributed by atoms with Gasteiger partial charge in [0.25, 0.3) is 0 Å². The van der Waals surface area contributed by atoms with Gasteiger partial charge in [-0.05, 0) is 66.9 Å². The van der Waals surface area contributed by atoms with Crippen LogP contribution < -0.4 is 0 Å². The van der Waals surface area contributed by atoms with E-state index in [1.807, 2.05) is 51.1 Å². The van der Waals surface area contributed by atoms with Crippen LogP contribution in [0.5, 0.6) is 0 Å². The zero-order valence-corrected chi connectivity index (χ0v) is 20.5. The van der Waals surface area contributed by atoms with E-state index in [4.69, 9.17) is 32.9 Å². The van der Waals surface area contributed by atoms with Crippen molar-refractivity contribution in [2.75, 3.05) is 6.61 Å². The summed E-state index contributed by atoms with van der Waals surface area (Å²) >= 11 is 13.4. The van der Waals surface area contributed by atoms with Crippen LogP contribution in [-0.2, 0) is 15.1 Å². The first-order valence-electron chi connectivity index (χ1n) is 10.4. The number of esters is 1. The molecular weight excluding hydrogens is 470 g/mol. The summed E-state index contributed by atoms with van der Waals surface area (Å²) in [4.78, 5) is 20.4. The highest BCUT2D eigenvalue weighted by atomic mass is 35.5. The molecule has 0 aromatic heterocycles. The Morgan fingerprint density at radius 3 is 2.53 bits per heavy atom. The second-order valence-electron chi connectivity index (χ2n) is 8.19. The Morgan fingerprint density at radius 1 is 1.25 bits per heavy atom. The molecule has 8 heteroatoms. The van der Waals surface area contributed by atoms with Gasteiger partial charge >= 0.3 is 5.97 Å². The molecule has 2 aromatic carbocycles. The maximum absolute atomic E-state index is 14.5. The number of fused-ring (bicyclic) bond motifs is 1. The molecule has 32 heavy (non-hydrogen) atoms. The number of carbonyl (C=O) groups is 1. The monoisotopic (exact) mass is 492 g/mol. The number of hydrogen-bond donors (Lipinski definition) is 0. The van der Waals surface area contributed by atoms with Gasteiger partial charge in [-0.25, -0.2) is 14.2 Å². The Kier molecular flexibility index (Phi) is 6.31. The van der Waals surface area contributed by atoms with E-state index in [9.17, 15) is 9.18 Å². The normalized spacial score (nSPS) is 22.4. The Bertz CT molecular complexity index is 1130. The molecular formula is C24H23Cl2FN2O2S. The minimum atomic E-state index is -0.743. The lowest BCUT2D eigenvalue weighted by atomic mass is 9.81. The maximum Gasteiger partial charge on any atom is 0.346 e. The lowest BCUT2D eigenvalue weighted by Crippen LogP contribution is -2.36. The highest BCUT2D eigenvalue weighted by Gasteiger charge is 2.53. The molecule has 0 saturated carbocycles. The molecule has 2 atom stereocenters. The summed E-state index contributed by atoms with van der Waals surface area (Å²) in [6, 6.07) is 11.9. The maximum atomic E-state index is 14.5. The molecule has 0 radical (unpaired) electrons. The molecule has 0 unspecified atom stereocenters. The van der Waals surface area contributed by atoms with Crippen LogP contribution >= 0.6 is 35.0 Å². The molecule has 2 aliphatic heterocycles. The van der Waals surface area contributed by atoms with E-state index >= 15 is 0 Å². The fourth-order valence-electron chi connectivity index (χ4n) is 4.29. The van der Waals surface area contributed by atoms with Gasteiger partial charge in [0.2, 0.25) is 0 Å². The Balaban J connectivity index is 1.91. The van der Waals surface area contributed by atoms with Gasteiger partial charge in [-0.3, -0.25) is 0 Å². The van der Waals surface area contributed by atoms with E-state index in [1.165, 1.54) is 17.8 Å². The molecule has 0 amide bonds. The average Bonchev–Trinajstić information content (AvgIpc) is 3.23. The molecule has 0 bridgehead atoms. The van der Waals surface area contributed by atoms with Crippen LogP contribution in [0, 0.1) is 11.7 Å². The fourth-order valence-corrected chi connectivity index (χ4v) is 5.84. The summed E-state index contributed by atoms with van der Waals surface area (Å²) in [6.45, 7) is 8.13. The van der Waals surface area contributed by atoms with Crippen molar-refractivity contribution in [3.63, 3.8) is 0 Å². The number of nitrogens with zero attached hydrogens (tertiary/aromatic N) is 2. The van der Waals surface area contributed by atoms with Gasteiger partial charge < -0.3 is 9.64 Å². The molecule has 4 rings (SSSR count). The number of rotatable bonds is 5. The zero-order valence-electron chi connectivity index (χ0n) is 18.2. The van der Waals surface area contributed by atoms with Gasteiger partial charge in [0.15, 0.2) is 5.17 Å². The van der Waals surface area contributed by atoms with Gasteiger partial charge in [-0.1, -0.05) is 55.2 Å². The minimum Gasteiger partial charge on any atom is -0.462 e. The van der Waals surface area contributed by atoms with E-state index in [2.05, 4.69) is 4.90 Å². The number of aliphatic imine (C=N–C) groups is 1. The van der Waals surface area contributed by atoms with Crippen molar-refractivity contribution < 1.29 is 13.9 Å². The first-order chi connectivity index (χ1) is 15.2. The summed E-state index contributed by atoms with van der Waals surface area (Å²) in [5.74, 6) is -0.849. The van der Waals surface area contributed by atoms with Gasteiger partial charge in [0.1, 0.15) is 16.3 Å². The number of hydrogen-bond acceptors (Lipinski definition) is 5. The number of carbonyl (C=O) groups excluding carboxylic acids is 1. The number of ether oxygens (including phenoxy) is 1. The van der Waals surface area contributed by atoms with Crippen LogP contribution in [-0.4, -0.2) is 22.6 Å². The third-order valence-electron chi connectivity index (χ3n) is 5.71. The van der Waals surface area contributed by atoms with Crippen molar-refractivity contribution in [1.82, 2.24) is 4.90 Å². The van der Waals surface area contributed by atoms with Crippen LogP contribution in [0.15, 0.2) is 58.1 Å². The standard InChI is InChI=1S/C24H23Cl2FN2O2S/c1-5-31-22(30)20-19(13(2)3)29-21(14-6-11-17(26)18(27)12-14)24(4,28-23(29)32-20)15-7-9-16(25)10-8-15/h6-13,21H,5H2,1-4H3/t21-,24+/m1/s1. The van der Waals surface area contributed by atoms with Crippen LogP contribution in [0.3, 0.4) is 0 Å². The second kappa shape index (κ2) is 8.73. The molecule has 0 fully saturated rings. The first-order valence-corrected chi connectivity index (χ1v) is 11.9. The van der Waals surface area contributed by atoms with Gasteiger partial charge in [0.05, 0.1) is 17.7 Å². The highest BCUT2D eigenvalue weighted by Crippen LogP contribution is 2.56. The summed E-state index contributed by atoms with van der Waals surface area (Å²) in [5, 5.41) is 1.37. The molecule has 0 saturated heterocycles. The predicted octanol–water partition coefficient (Wildman–Crippen LogP) is 6.94. The van der Waals surface area contributed by atoms with E-state index < -0.39 is 11.4 Å². The Labute approximate surface area is 201 Å². The molecule has 0 spiro atoms. The summed E-state index contributed by atoms with van der Waals surface area (Å²) in [7, 11) is 0. The van der Waals surface area contributed by atoms with Crippen LogP contribution in [0.4, 0.5) is 4.39 Å². The number of thioether (sulfide) groups is 1. The number of allylic oxidation sites excluding steroid dienone is 1. The average molecular weight is 493 g/mol. The first kappa shape index (κ1) is 23.1. The van der Waals surface area contributed by atoms with Crippen molar-refractivity contribution in [2.24, 2.45) is 10.9 Å². The van der Waals surface area contributed by atoms with Gasteiger partial charge in [-0.15, -0.1) is 0 Å². The fraction of sp³-hybridized carbons (Fsp3) is 0.333. The van der Waals surface area contributed by atoms with E-state index in [1.54, 1.807) is 13.0 Å². The summed E-state index contributed by atoms with van der Waals surface area (Å²) in [6.07, 6.45) is 0. The highest BCUT2D eigenvalue weighted by molar-refractivity contribution is 8.18. The molecule has 2 aliphatic rings. The van der Waals surface area contributed by atoms with Crippen molar-refractivity contribution in [1.29, 1.82) is 0 Å². The lowest BCUT2D eigenvalue weighted by Gasteiger charge is -2.37. The number of amidine groups is 1. The largest absolute Gasteiger partial charge is 0.462 e. The molecule has 0 N–H and O–H groups in total. The van der Waals surface area contributed by atoms with Crippen LogP contribution in [0.25, 0.3) is 0 Å². The van der Waals surface area contributed by atoms with Crippen LogP contribution in [0.1, 0.15) is 44.9 Å². The SMILES string of the molecule is CCOC(=O)C1=C(C(C)C)N2C(=N[C@@](C)(c3ccc(Cl)cc3)[C@H]2c2ccc(Cl)c(F)c2)S1. The van der Waals surface area contributed by atoms with E-state index in [0.717, 1.165) is 11.3 Å². The summed E-state index contributed by atoms with van der Waals surface area (Å²) in [5.41, 5.74) is 1.73. The van der Waals surface area contributed by atoms with Crippen molar-refractivity contribution in [2.45, 2.75) is 39.3 Å². The van der Waals surface area contributed by atoms with Gasteiger partial charge in [0, 0.05) is 10.7 Å². The van der Waals surface area contributed by atoms with Crippen molar-refractivity contribution >= 4 is 46.1 Å². The van der Waals surface area contributed by atoms with E-state index in [0.29, 0.717) is 20.7 Å². The molecule has 0 aliphatic carbocycles. The van der Waals surface area contributed by atoms with Gasteiger partial charge in [-0.2, -0.15) is 0 Å². The smallest absolute Gasteiger partial charge is 0.346 e. The number of benzene rings is 2. The molecule has 168 valence electrons. The van der Waals surface area contributed by atoms with E-state index in [-0.39, 0.29) is 29.6 Å². The molecule has 4 nitrogen and oxygen atoms in total. The lowest BCUT2D eigenvalue weighted by molar-refractivity contribution is -0.137. The Morgan fingerprint density at radius 2 is 1.94 bits per heavy atom. The number of halogens is 3. The molecule has 2 aromatic rings. The molecule has 2 heterocycles. The Hall–Kier alpha value is -2.02. The van der Waals surface area contributed by atoms with Crippen LogP contribution in [0.2, 0.25) is 10.0 Å². The second-order valence-corrected chi connectivity index (χ2v) is 10.0. The third-order valence-corrected chi connectivity index (χ3v) is 7.31. The summed E-state index contributed by atoms with van der Waals surface area (Å²) < 4.78 is 19.9. The quantitative estimate of drug-likeness (QED) is 0.424. The predicted molar refractivity (Wildman–Crippen MR) is 128 cm³/mol. The van der Waals surface area contributed by atoms with Crippen molar-refractivity contribution in [3.05, 3.63) is 80.1 Å². The minimum absolute atomic E-state index is 0.0156. The van der Waals surface area contributed by atoms with Crippen molar-refractivity contribution in [3.8, 4) is 0 Å².